The van der Waals surface area contributed by atoms with Crippen LogP contribution in [0.3, 0.4) is 0 Å². The van der Waals surface area contributed by atoms with Crippen LogP contribution in [0.4, 0.5) is 0 Å². The predicted octanol–water partition coefficient (Wildman–Crippen LogP) is 16.5. The van der Waals surface area contributed by atoms with Gasteiger partial charge in [0.25, 0.3) is 0 Å². The summed E-state index contributed by atoms with van der Waals surface area (Å²) in [6.45, 7) is 0. The number of pyridine rings is 1. The lowest BCUT2D eigenvalue weighted by molar-refractivity contribution is 1.18. The predicted molar refractivity (Wildman–Crippen MR) is 274 cm³/mol. The van der Waals surface area contributed by atoms with Gasteiger partial charge in [0.1, 0.15) is 0 Å². The molecule has 2 heterocycles. The van der Waals surface area contributed by atoms with Crippen molar-refractivity contribution in [2.45, 2.75) is 0 Å². The highest BCUT2D eigenvalue weighted by Crippen LogP contribution is 2.49. The molecule has 0 N–H and O–H groups in total. The largest absolute Gasteiger partial charge is 0.246 e. The Balaban J connectivity index is 1.05. The van der Waals surface area contributed by atoms with Crippen molar-refractivity contribution in [3.05, 3.63) is 261 Å². The molecule has 3 heteroatoms. The summed E-state index contributed by atoms with van der Waals surface area (Å²) in [7, 11) is 0. The summed E-state index contributed by atoms with van der Waals surface area (Å²) >= 11 is 0. The van der Waals surface area contributed by atoms with Gasteiger partial charge in [0.2, 0.25) is 0 Å². The van der Waals surface area contributed by atoms with Gasteiger partial charge in [0, 0.05) is 44.5 Å². The van der Waals surface area contributed by atoms with Crippen molar-refractivity contribution in [3.8, 4) is 112 Å². The van der Waals surface area contributed by atoms with Gasteiger partial charge in [-0.3, -0.25) is 0 Å². The third-order valence-electron chi connectivity index (χ3n) is 12.1. The van der Waals surface area contributed by atoms with E-state index in [1.807, 2.05) is 24.3 Å². The third kappa shape index (κ3) is 8.14. The monoisotopic (exact) mass is 841 g/mol. The zero-order valence-corrected chi connectivity index (χ0v) is 36.2. The van der Waals surface area contributed by atoms with Gasteiger partial charge in [0.15, 0.2) is 5.82 Å². The van der Waals surface area contributed by atoms with Gasteiger partial charge in [-0.1, -0.05) is 249 Å². The van der Waals surface area contributed by atoms with E-state index in [1.54, 1.807) is 0 Å². The molecule has 0 saturated carbocycles. The maximum atomic E-state index is 5.63. The van der Waals surface area contributed by atoms with Crippen molar-refractivity contribution in [1.29, 1.82) is 0 Å². The fraction of sp³-hybridized carbons (Fsp3) is 0. The lowest BCUT2D eigenvalue weighted by Gasteiger charge is -2.23. The molecule has 310 valence electrons. The van der Waals surface area contributed by atoms with E-state index in [2.05, 4.69) is 237 Å². The zero-order valence-electron chi connectivity index (χ0n) is 36.2. The number of rotatable bonds is 10. The van der Waals surface area contributed by atoms with E-state index in [1.165, 1.54) is 11.1 Å². The van der Waals surface area contributed by atoms with Crippen molar-refractivity contribution < 1.29 is 0 Å². The summed E-state index contributed by atoms with van der Waals surface area (Å²) < 4.78 is 0. The smallest absolute Gasteiger partial charge is 0.160 e. The second-order valence-corrected chi connectivity index (χ2v) is 16.3. The Kier molecular flexibility index (Phi) is 11.0. The lowest BCUT2D eigenvalue weighted by atomic mass is 9.82. The molecule has 11 aromatic rings. The summed E-state index contributed by atoms with van der Waals surface area (Å²) in [5, 5.41) is 0. The van der Waals surface area contributed by atoms with Gasteiger partial charge >= 0.3 is 0 Å². The van der Waals surface area contributed by atoms with Crippen LogP contribution < -0.4 is 0 Å². The first-order valence-electron chi connectivity index (χ1n) is 22.3. The SMILES string of the molecule is c1ccc(-c2ccc(-c3cc(-c4ccc(-c5cccc(-c6c(-c7ccccc7)c(-c7ccccc7)nc(-c7ccccc7)c6-c6ccccc6)c5)cc4)nc(-c4ccccc4)n3)cc2)cc1. The van der Waals surface area contributed by atoms with Crippen molar-refractivity contribution in [1.82, 2.24) is 15.0 Å². The Bertz CT molecular complexity index is 3290. The molecule has 3 nitrogen and oxygen atoms in total. The van der Waals surface area contributed by atoms with Gasteiger partial charge in [-0.2, -0.15) is 0 Å². The van der Waals surface area contributed by atoms with Gasteiger partial charge < -0.3 is 0 Å². The molecule has 0 unspecified atom stereocenters. The highest BCUT2D eigenvalue weighted by atomic mass is 14.9. The normalized spacial score (nSPS) is 11.0. The van der Waals surface area contributed by atoms with Crippen LogP contribution in [0.5, 0.6) is 0 Å². The highest BCUT2D eigenvalue weighted by molar-refractivity contribution is 6.05. The molecule has 66 heavy (non-hydrogen) atoms. The maximum absolute atomic E-state index is 5.63. The minimum Gasteiger partial charge on any atom is -0.246 e. The van der Waals surface area contributed by atoms with E-state index in [0.717, 1.165) is 95.1 Å². The van der Waals surface area contributed by atoms with Crippen molar-refractivity contribution in [3.63, 3.8) is 0 Å². The van der Waals surface area contributed by atoms with E-state index in [9.17, 15) is 0 Å². The molecule has 0 aliphatic carbocycles. The minimum atomic E-state index is 0.692. The van der Waals surface area contributed by atoms with Crippen molar-refractivity contribution in [2.24, 2.45) is 0 Å². The topological polar surface area (TPSA) is 38.7 Å². The maximum Gasteiger partial charge on any atom is 0.160 e. The number of hydrogen-bond acceptors (Lipinski definition) is 3. The Hall–Kier alpha value is -8.79. The first-order chi connectivity index (χ1) is 32.7. The lowest BCUT2D eigenvalue weighted by Crippen LogP contribution is -2.01. The van der Waals surface area contributed by atoms with Crippen molar-refractivity contribution >= 4 is 0 Å². The molecular weight excluding hydrogens is 799 g/mol. The molecule has 0 fully saturated rings. The standard InChI is InChI=1S/C63H43N3/c1-7-20-44(21-8-1)45-34-38-47(39-35-45)56-43-57(65-63(64-56)53-30-17-6-18-31-53)48-40-36-46(37-41-48)54-32-19-33-55(42-54)58-59(49-22-9-2-10-23-49)61(51-26-13-4-14-27-51)66-62(52-28-15-5-16-29-52)60(58)50-24-11-3-12-25-50/h1-43H. The van der Waals surface area contributed by atoms with Gasteiger partial charge in [-0.15, -0.1) is 0 Å². The molecule has 0 saturated heterocycles. The average Bonchev–Trinajstić information content (AvgIpc) is 3.42. The Labute approximate surface area is 386 Å². The summed E-state index contributed by atoms with van der Waals surface area (Å²) in [6, 6.07) is 91.8. The second-order valence-electron chi connectivity index (χ2n) is 16.3. The summed E-state index contributed by atoms with van der Waals surface area (Å²) in [4.78, 5) is 15.9. The van der Waals surface area contributed by atoms with E-state index < -0.39 is 0 Å². The number of aromatic nitrogens is 3. The minimum absolute atomic E-state index is 0.692. The molecular formula is C63H43N3. The quantitative estimate of drug-likeness (QED) is 0.138. The first kappa shape index (κ1) is 40.0. The average molecular weight is 842 g/mol. The van der Waals surface area contributed by atoms with Crippen LogP contribution in [0.1, 0.15) is 0 Å². The number of hydrogen-bond donors (Lipinski definition) is 0. The summed E-state index contributed by atoms with van der Waals surface area (Å²) in [5.41, 5.74) is 20.0. The first-order valence-corrected chi connectivity index (χ1v) is 22.3. The number of nitrogens with zero attached hydrogens (tertiary/aromatic N) is 3. The molecule has 0 spiro atoms. The van der Waals surface area contributed by atoms with Gasteiger partial charge in [-0.25, -0.2) is 15.0 Å². The van der Waals surface area contributed by atoms with Gasteiger partial charge in [0.05, 0.1) is 22.8 Å². The molecule has 0 atom stereocenters. The molecule has 0 radical (unpaired) electrons. The Morgan fingerprint density at radius 2 is 0.500 bits per heavy atom. The van der Waals surface area contributed by atoms with Crippen LogP contribution in [0, 0.1) is 0 Å². The molecule has 0 amide bonds. The fourth-order valence-electron chi connectivity index (χ4n) is 8.87. The zero-order chi connectivity index (χ0) is 44.1. The Morgan fingerprint density at radius 1 is 0.182 bits per heavy atom. The summed E-state index contributed by atoms with van der Waals surface area (Å²) in [5.74, 6) is 0.692. The van der Waals surface area contributed by atoms with Crippen LogP contribution in [0.25, 0.3) is 112 Å². The van der Waals surface area contributed by atoms with Crippen LogP contribution >= 0.6 is 0 Å². The van der Waals surface area contributed by atoms with E-state index in [0.29, 0.717) is 5.82 Å². The fourth-order valence-corrected chi connectivity index (χ4v) is 8.87. The molecule has 9 aromatic carbocycles. The molecule has 0 aliphatic rings. The third-order valence-corrected chi connectivity index (χ3v) is 12.1. The van der Waals surface area contributed by atoms with Crippen molar-refractivity contribution in [2.75, 3.05) is 0 Å². The molecule has 0 aliphatic heterocycles. The van der Waals surface area contributed by atoms with Gasteiger partial charge in [-0.05, 0) is 51.1 Å². The molecule has 11 rings (SSSR count). The van der Waals surface area contributed by atoms with E-state index in [4.69, 9.17) is 15.0 Å². The Morgan fingerprint density at radius 3 is 0.939 bits per heavy atom. The van der Waals surface area contributed by atoms with E-state index in [-0.39, 0.29) is 0 Å². The van der Waals surface area contributed by atoms with Crippen LogP contribution in [-0.4, -0.2) is 15.0 Å². The number of benzene rings is 9. The van der Waals surface area contributed by atoms with Crippen LogP contribution in [0.15, 0.2) is 261 Å². The summed E-state index contributed by atoms with van der Waals surface area (Å²) in [6.07, 6.45) is 0. The second kappa shape index (κ2) is 18.1. The van der Waals surface area contributed by atoms with Crippen LogP contribution in [0.2, 0.25) is 0 Å². The highest BCUT2D eigenvalue weighted by Gasteiger charge is 2.25. The molecule has 0 bridgehead atoms. The van der Waals surface area contributed by atoms with Crippen LogP contribution in [-0.2, 0) is 0 Å². The van der Waals surface area contributed by atoms with E-state index >= 15 is 0 Å². The molecule has 2 aromatic heterocycles.